The minimum Gasteiger partial charge on any atom is -0.493 e. The summed E-state index contributed by atoms with van der Waals surface area (Å²) in [5.74, 6) is 1.48. The average molecular weight is 425 g/mol. The highest BCUT2D eigenvalue weighted by Gasteiger charge is 2.27. The van der Waals surface area contributed by atoms with Gasteiger partial charge in [-0.3, -0.25) is 9.59 Å². The van der Waals surface area contributed by atoms with E-state index in [0.717, 1.165) is 55.7 Å². The van der Waals surface area contributed by atoms with Crippen molar-refractivity contribution in [1.29, 1.82) is 0 Å². The molecule has 0 spiro atoms. The molecule has 1 fully saturated rings. The third-order valence-electron chi connectivity index (χ3n) is 5.84. The number of nitrogens with one attached hydrogen (secondary N) is 1. The van der Waals surface area contributed by atoms with E-state index < -0.39 is 0 Å². The van der Waals surface area contributed by atoms with Crippen molar-refractivity contribution in [2.45, 2.75) is 51.6 Å². The molecular formula is C25H32N2O4. The minimum atomic E-state index is -0.0641. The Balaban J connectivity index is 1.64. The number of rotatable bonds is 8. The van der Waals surface area contributed by atoms with Gasteiger partial charge in [0, 0.05) is 31.6 Å². The maximum atomic E-state index is 13.2. The summed E-state index contributed by atoms with van der Waals surface area (Å²) in [5, 5.41) is 2.78. The number of nitrogens with zero attached hydrogens (tertiary/aromatic N) is 1. The summed E-state index contributed by atoms with van der Waals surface area (Å²) in [4.78, 5) is 26.3. The van der Waals surface area contributed by atoms with E-state index in [1.807, 2.05) is 41.3 Å². The molecule has 166 valence electrons. The van der Waals surface area contributed by atoms with Crippen LogP contribution in [-0.4, -0.2) is 43.5 Å². The van der Waals surface area contributed by atoms with Crippen molar-refractivity contribution >= 4 is 11.8 Å². The van der Waals surface area contributed by atoms with Gasteiger partial charge in [0.15, 0.2) is 11.5 Å². The van der Waals surface area contributed by atoms with Crippen molar-refractivity contribution in [2.24, 2.45) is 0 Å². The molecule has 1 aliphatic rings. The number of likely N-dealkylation sites (tertiary alicyclic amines) is 1. The number of hydrogen-bond donors (Lipinski definition) is 1. The zero-order valence-electron chi connectivity index (χ0n) is 18.6. The molecule has 6 heteroatoms. The molecule has 0 radical (unpaired) electrons. The van der Waals surface area contributed by atoms with Crippen LogP contribution < -0.4 is 14.8 Å². The second kappa shape index (κ2) is 10.8. The summed E-state index contributed by atoms with van der Waals surface area (Å²) in [6, 6.07) is 13.8. The van der Waals surface area contributed by atoms with Gasteiger partial charge in [-0.2, -0.15) is 0 Å². The van der Waals surface area contributed by atoms with Crippen LogP contribution in [0.2, 0.25) is 0 Å². The second-order valence-electron chi connectivity index (χ2n) is 7.98. The molecule has 3 rings (SSSR count). The lowest BCUT2D eigenvalue weighted by Crippen LogP contribution is -2.44. The molecule has 1 saturated heterocycles. The highest BCUT2D eigenvalue weighted by molar-refractivity contribution is 5.94. The maximum absolute atomic E-state index is 13.2. The number of amides is 2. The average Bonchev–Trinajstić information content (AvgIpc) is 2.81. The van der Waals surface area contributed by atoms with E-state index in [2.05, 4.69) is 11.4 Å². The van der Waals surface area contributed by atoms with E-state index in [1.54, 1.807) is 14.2 Å². The summed E-state index contributed by atoms with van der Waals surface area (Å²) >= 11 is 0. The van der Waals surface area contributed by atoms with E-state index in [1.165, 1.54) is 12.5 Å². The van der Waals surface area contributed by atoms with Crippen LogP contribution >= 0.6 is 0 Å². The lowest BCUT2D eigenvalue weighted by atomic mass is 9.94. The van der Waals surface area contributed by atoms with Crippen molar-refractivity contribution in [3.8, 4) is 11.5 Å². The van der Waals surface area contributed by atoms with Crippen LogP contribution in [0, 0.1) is 0 Å². The van der Waals surface area contributed by atoms with Gasteiger partial charge in [0.25, 0.3) is 5.91 Å². The first-order valence-electron chi connectivity index (χ1n) is 10.9. The van der Waals surface area contributed by atoms with Crippen molar-refractivity contribution < 1.29 is 19.1 Å². The molecule has 2 aromatic rings. The molecule has 2 amide bonds. The normalized spacial score (nSPS) is 16.0. The minimum absolute atomic E-state index is 0.0641. The van der Waals surface area contributed by atoms with Crippen molar-refractivity contribution in [1.82, 2.24) is 10.2 Å². The quantitative estimate of drug-likeness (QED) is 0.696. The van der Waals surface area contributed by atoms with E-state index in [4.69, 9.17) is 9.47 Å². The summed E-state index contributed by atoms with van der Waals surface area (Å²) in [6.07, 6.45) is 5.02. The van der Waals surface area contributed by atoms with E-state index in [-0.39, 0.29) is 17.9 Å². The number of piperidine rings is 1. The largest absolute Gasteiger partial charge is 0.493 e. The molecule has 6 nitrogen and oxygen atoms in total. The molecule has 1 atom stereocenters. The van der Waals surface area contributed by atoms with Crippen LogP contribution in [0.5, 0.6) is 11.5 Å². The van der Waals surface area contributed by atoms with Crippen LogP contribution in [0.3, 0.4) is 0 Å². The molecule has 0 aliphatic carbocycles. The molecule has 2 aromatic carbocycles. The molecular weight excluding hydrogens is 392 g/mol. The number of benzene rings is 2. The van der Waals surface area contributed by atoms with Gasteiger partial charge in [0.05, 0.1) is 14.2 Å². The first kappa shape index (κ1) is 22.7. The Morgan fingerprint density at radius 1 is 1.00 bits per heavy atom. The van der Waals surface area contributed by atoms with Crippen molar-refractivity contribution in [2.75, 3.05) is 20.8 Å². The Morgan fingerprint density at radius 3 is 2.39 bits per heavy atom. The van der Waals surface area contributed by atoms with E-state index >= 15 is 0 Å². The summed E-state index contributed by atoms with van der Waals surface area (Å²) in [7, 11) is 3.28. The smallest absolute Gasteiger partial charge is 0.254 e. The Labute approximate surface area is 184 Å². The third kappa shape index (κ3) is 6.00. The fourth-order valence-electron chi connectivity index (χ4n) is 4.10. The van der Waals surface area contributed by atoms with Gasteiger partial charge in [0.1, 0.15) is 0 Å². The van der Waals surface area contributed by atoms with Gasteiger partial charge in [-0.1, -0.05) is 18.2 Å². The van der Waals surface area contributed by atoms with E-state index in [0.29, 0.717) is 12.1 Å². The van der Waals surface area contributed by atoms with E-state index in [9.17, 15) is 9.59 Å². The first-order valence-corrected chi connectivity index (χ1v) is 10.9. The number of hydrogen-bond acceptors (Lipinski definition) is 4. The summed E-state index contributed by atoms with van der Waals surface area (Å²) in [5.41, 5.74) is 2.86. The Hall–Kier alpha value is -3.02. The van der Waals surface area contributed by atoms with Gasteiger partial charge in [0.2, 0.25) is 5.91 Å². The van der Waals surface area contributed by atoms with Gasteiger partial charge in [-0.05, 0) is 67.5 Å². The van der Waals surface area contributed by atoms with Gasteiger partial charge < -0.3 is 19.7 Å². The molecule has 0 bridgehead atoms. The van der Waals surface area contributed by atoms with Crippen LogP contribution in [-0.2, 0) is 17.8 Å². The number of methoxy groups -OCH3 is 2. The van der Waals surface area contributed by atoms with Gasteiger partial charge in [-0.25, -0.2) is 0 Å². The summed E-state index contributed by atoms with van der Waals surface area (Å²) in [6.45, 7) is 2.76. The molecule has 0 saturated carbocycles. The molecule has 31 heavy (non-hydrogen) atoms. The van der Waals surface area contributed by atoms with Crippen LogP contribution in [0.15, 0.2) is 42.5 Å². The van der Waals surface area contributed by atoms with Gasteiger partial charge in [-0.15, -0.1) is 0 Å². The zero-order chi connectivity index (χ0) is 22.2. The summed E-state index contributed by atoms with van der Waals surface area (Å²) < 4.78 is 10.7. The van der Waals surface area contributed by atoms with Crippen molar-refractivity contribution in [3.63, 3.8) is 0 Å². The van der Waals surface area contributed by atoms with Crippen LogP contribution in [0.4, 0.5) is 0 Å². The second-order valence-corrected chi connectivity index (χ2v) is 7.98. The SMILES string of the molecule is COc1ccc(CCC2CCCCN2C(=O)c2ccc(CNC(C)=O)cc2)cc1OC. The monoisotopic (exact) mass is 424 g/mol. The Morgan fingerprint density at radius 2 is 1.71 bits per heavy atom. The van der Waals surface area contributed by atoms with Crippen LogP contribution in [0.1, 0.15) is 54.1 Å². The topological polar surface area (TPSA) is 67.9 Å². The Bertz CT molecular complexity index is 895. The molecule has 0 aromatic heterocycles. The number of ether oxygens (including phenoxy) is 2. The number of carbonyl (C=O) groups is 2. The predicted octanol–water partition coefficient (Wildman–Crippen LogP) is 3.97. The van der Waals surface area contributed by atoms with Gasteiger partial charge >= 0.3 is 0 Å². The lowest BCUT2D eigenvalue weighted by Gasteiger charge is -2.36. The predicted molar refractivity (Wildman–Crippen MR) is 121 cm³/mol. The Kier molecular flexibility index (Phi) is 7.93. The lowest BCUT2D eigenvalue weighted by molar-refractivity contribution is -0.119. The van der Waals surface area contributed by atoms with Crippen molar-refractivity contribution in [3.05, 3.63) is 59.2 Å². The fraction of sp³-hybridized carbons (Fsp3) is 0.440. The first-order chi connectivity index (χ1) is 15.0. The highest BCUT2D eigenvalue weighted by atomic mass is 16.5. The third-order valence-corrected chi connectivity index (χ3v) is 5.84. The maximum Gasteiger partial charge on any atom is 0.254 e. The van der Waals surface area contributed by atoms with Crippen LogP contribution in [0.25, 0.3) is 0 Å². The number of carbonyl (C=O) groups excluding carboxylic acids is 2. The highest BCUT2D eigenvalue weighted by Crippen LogP contribution is 2.29. The molecule has 1 unspecified atom stereocenters. The molecule has 1 N–H and O–H groups in total. The zero-order valence-corrected chi connectivity index (χ0v) is 18.6. The molecule has 1 heterocycles. The fourth-order valence-corrected chi connectivity index (χ4v) is 4.10. The standard InChI is InChI=1S/C25H32N2O4/c1-18(28)26-17-20-7-11-21(12-8-20)25(29)27-15-5-4-6-22(27)13-9-19-10-14-23(30-2)24(16-19)31-3/h7-8,10-12,14,16,22H,4-6,9,13,15,17H2,1-3H3,(H,26,28). The number of aryl methyl sites for hydroxylation is 1. The molecule has 1 aliphatic heterocycles.